The summed E-state index contributed by atoms with van der Waals surface area (Å²) in [5.74, 6) is -0.0820. The van der Waals surface area contributed by atoms with Gasteiger partial charge in [0.05, 0.1) is 12.3 Å². The molecule has 1 amide bonds. The highest BCUT2D eigenvalue weighted by Gasteiger charge is 2.29. The third kappa shape index (κ3) is 3.48. The zero-order valence-electron chi connectivity index (χ0n) is 13.2. The summed E-state index contributed by atoms with van der Waals surface area (Å²) in [7, 11) is 0. The van der Waals surface area contributed by atoms with Crippen molar-refractivity contribution in [2.24, 2.45) is 5.92 Å². The lowest BCUT2D eigenvalue weighted by Gasteiger charge is -2.38. The van der Waals surface area contributed by atoms with E-state index in [1.54, 1.807) is 18.2 Å². The number of hydrogen-bond donors (Lipinski definition) is 1. The van der Waals surface area contributed by atoms with Gasteiger partial charge in [-0.2, -0.15) is 0 Å². The van der Waals surface area contributed by atoms with E-state index in [4.69, 9.17) is 4.74 Å². The fraction of sp³-hybridized carbons (Fsp3) is 0.588. The largest absolute Gasteiger partial charge is 0.392 e. The zero-order chi connectivity index (χ0) is 16.2. The average molecular weight is 322 g/mol. The van der Waals surface area contributed by atoms with Crippen molar-refractivity contribution >= 4 is 11.6 Å². The third-order valence-corrected chi connectivity index (χ3v) is 4.73. The molecule has 23 heavy (non-hydrogen) atoms. The summed E-state index contributed by atoms with van der Waals surface area (Å²) in [6, 6.07) is 5.07. The number of anilines is 1. The molecule has 3 rings (SSSR count). The van der Waals surface area contributed by atoms with Crippen LogP contribution in [0.5, 0.6) is 0 Å². The molecule has 0 spiro atoms. The Balaban J connectivity index is 1.61. The Labute approximate surface area is 135 Å². The number of carbonyl (C=O) groups is 1. The molecule has 126 valence electrons. The molecular formula is C17H23FN2O3. The number of piperazine rings is 1. The molecule has 1 aromatic rings. The van der Waals surface area contributed by atoms with Gasteiger partial charge in [-0.3, -0.25) is 4.79 Å². The molecule has 6 heteroatoms. The summed E-state index contributed by atoms with van der Waals surface area (Å²) in [5, 5.41) is 9.18. The zero-order valence-corrected chi connectivity index (χ0v) is 13.2. The molecule has 2 fully saturated rings. The van der Waals surface area contributed by atoms with Crippen LogP contribution >= 0.6 is 0 Å². The van der Waals surface area contributed by atoms with Gasteiger partial charge in [-0.1, -0.05) is 12.1 Å². The summed E-state index contributed by atoms with van der Waals surface area (Å²) >= 11 is 0. The molecule has 0 radical (unpaired) electrons. The van der Waals surface area contributed by atoms with Gasteiger partial charge in [0, 0.05) is 50.9 Å². The van der Waals surface area contributed by atoms with Crippen LogP contribution in [0.25, 0.3) is 0 Å². The van der Waals surface area contributed by atoms with Crippen LogP contribution in [0.4, 0.5) is 10.1 Å². The highest BCUT2D eigenvalue weighted by atomic mass is 19.1. The highest BCUT2D eigenvalue weighted by Crippen LogP contribution is 2.25. The topological polar surface area (TPSA) is 53.0 Å². The summed E-state index contributed by atoms with van der Waals surface area (Å²) in [5.41, 5.74) is 0.818. The van der Waals surface area contributed by atoms with Gasteiger partial charge < -0.3 is 19.6 Å². The molecule has 0 bridgehead atoms. The van der Waals surface area contributed by atoms with Crippen LogP contribution in [0.1, 0.15) is 18.4 Å². The Kier molecular flexibility index (Phi) is 5.13. The average Bonchev–Trinajstić information content (AvgIpc) is 2.62. The van der Waals surface area contributed by atoms with Crippen molar-refractivity contribution in [1.29, 1.82) is 0 Å². The number of halogens is 1. The van der Waals surface area contributed by atoms with E-state index < -0.39 is 0 Å². The van der Waals surface area contributed by atoms with Gasteiger partial charge in [0.15, 0.2) is 5.82 Å². The number of aliphatic hydroxyl groups excluding tert-OH is 1. The SMILES string of the molecule is O=C(C1CCOCC1)N1CCN(c2cccc(CO)c2F)CC1. The van der Waals surface area contributed by atoms with Gasteiger partial charge in [-0.25, -0.2) is 4.39 Å². The molecule has 1 aromatic carbocycles. The Morgan fingerprint density at radius 3 is 2.57 bits per heavy atom. The quantitative estimate of drug-likeness (QED) is 0.914. The van der Waals surface area contributed by atoms with Gasteiger partial charge in [0.25, 0.3) is 0 Å². The van der Waals surface area contributed by atoms with E-state index in [1.807, 2.05) is 9.80 Å². The second-order valence-electron chi connectivity index (χ2n) is 6.11. The molecule has 0 saturated carbocycles. The van der Waals surface area contributed by atoms with Crippen molar-refractivity contribution in [3.63, 3.8) is 0 Å². The number of amides is 1. The van der Waals surface area contributed by atoms with Crippen LogP contribution in [0.15, 0.2) is 18.2 Å². The molecule has 2 aliphatic rings. The summed E-state index contributed by atoms with van der Waals surface area (Å²) in [6.07, 6.45) is 1.60. The minimum atomic E-state index is -0.362. The van der Waals surface area contributed by atoms with E-state index in [-0.39, 0.29) is 24.2 Å². The molecule has 0 aromatic heterocycles. The van der Waals surface area contributed by atoms with Crippen molar-refractivity contribution in [2.75, 3.05) is 44.3 Å². The first kappa shape index (κ1) is 16.2. The summed E-state index contributed by atoms with van der Waals surface area (Å²) < 4.78 is 19.6. The molecule has 1 N–H and O–H groups in total. The maximum absolute atomic E-state index is 14.3. The molecular weight excluding hydrogens is 299 g/mol. The minimum absolute atomic E-state index is 0.0738. The van der Waals surface area contributed by atoms with Crippen LogP contribution in [0.3, 0.4) is 0 Å². The Hall–Kier alpha value is -1.66. The second kappa shape index (κ2) is 7.27. The van der Waals surface area contributed by atoms with Crippen LogP contribution in [0.2, 0.25) is 0 Å². The van der Waals surface area contributed by atoms with E-state index in [2.05, 4.69) is 0 Å². The summed E-state index contributed by atoms with van der Waals surface area (Å²) in [6.45, 7) is 3.46. The van der Waals surface area contributed by atoms with Crippen molar-refractivity contribution in [3.05, 3.63) is 29.6 Å². The number of nitrogens with zero attached hydrogens (tertiary/aromatic N) is 2. The van der Waals surface area contributed by atoms with Crippen LogP contribution in [-0.4, -0.2) is 55.3 Å². The van der Waals surface area contributed by atoms with Gasteiger partial charge in [-0.05, 0) is 18.9 Å². The minimum Gasteiger partial charge on any atom is -0.392 e. The van der Waals surface area contributed by atoms with E-state index in [9.17, 15) is 14.3 Å². The van der Waals surface area contributed by atoms with Gasteiger partial charge in [0.1, 0.15) is 0 Å². The number of benzene rings is 1. The smallest absolute Gasteiger partial charge is 0.225 e. The molecule has 2 heterocycles. The fourth-order valence-corrected chi connectivity index (χ4v) is 3.30. The standard InChI is InChI=1S/C17H23FN2O3/c18-16-14(12-21)2-1-3-15(16)19-6-8-20(9-7-19)17(22)13-4-10-23-11-5-13/h1-3,13,21H,4-12H2. The Bertz CT molecular complexity index is 553. The predicted octanol–water partition coefficient (Wildman–Crippen LogP) is 1.39. The first-order valence-corrected chi connectivity index (χ1v) is 8.20. The normalized spacial score (nSPS) is 19.9. The monoisotopic (exact) mass is 322 g/mol. The van der Waals surface area contributed by atoms with Gasteiger partial charge in [0.2, 0.25) is 5.91 Å². The molecule has 0 atom stereocenters. The number of aliphatic hydroxyl groups is 1. The lowest BCUT2D eigenvalue weighted by Crippen LogP contribution is -2.51. The van der Waals surface area contributed by atoms with Crippen molar-refractivity contribution in [3.8, 4) is 0 Å². The first-order valence-electron chi connectivity index (χ1n) is 8.20. The molecule has 2 aliphatic heterocycles. The van der Waals surface area contributed by atoms with Crippen LogP contribution in [-0.2, 0) is 16.1 Å². The molecule has 5 nitrogen and oxygen atoms in total. The molecule has 2 saturated heterocycles. The van der Waals surface area contributed by atoms with Gasteiger partial charge in [-0.15, -0.1) is 0 Å². The predicted molar refractivity (Wildman–Crippen MR) is 84.7 cm³/mol. The third-order valence-electron chi connectivity index (χ3n) is 4.73. The Morgan fingerprint density at radius 1 is 1.22 bits per heavy atom. The number of hydrogen-bond acceptors (Lipinski definition) is 4. The van der Waals surface area contributed by atoms with E-state index in [0.717, 1.165) is 12.8 Å². The first-order chi connectivity index (χ1) is 11.2. The number of ether oxygens (including phenoxy) is 1. The van der Waals surface area contributed by atoms with E-state index >= 15 is 0 Å². The lowest BCUT2D eigenvalue weighted by molar-refractivity contribution is -0.138. The van der Waals surface area contributed by atoms with Crippen LogP contribution < -0.4 is 4.90 Å². The maximum atomic E-state index is 14.3. The second-order valence-corrected chi connectivity index (χ2v) is 6.11. The number of carbonyl (C=O) groups excluding carboxylic acids is 1. The van der Waals surface area contributed by atoms with E-state index in [0.29, 0.717) is 50.6 Å². The van der Waals surface area contributed by atoms with E-state index in [1.165, 1.54) is 0 Å². The highest BCUT2D eigenvalue weighted by molar-refractivity contribution is 5.79. The molecule has 0 aliphatic carbocycles. The number of rotatable bonds is 3. The van der Waals surface area contributed by atoms with Crippen molar-refractivity contribution in [2.45, 2.75) is 19.4 Å². The molecule has 0 unspecified atom stereocenters. The maximum Gasteiger partial charge on any atom is 0.225 e. The fourth-order valence-electron chi connectivity index (χ4n) is 3.30. The lowest BCUT2D eigenvalue weighted by atomic mass is 9.98. The van der Waals surface area contributed by atoms with Crippen LogP contribution in [0, 0.1) is 11.7 Å². The van der Waals surface area contributed by atoms with Crippen molar-refractivity contribution < 1.29 is 19.0 Å². The Morgan fingerprint density at radius 2 is 1.91 bits per heavy atom. The van der Waals surface area contributed by atoms with Gasteiger partial charge >= 0.3 is 0 Å². The summed E-state index contributed by atoms with van der Waals surface area (Å²) in [4.78, 5) is 16.3. The van der Waals surface area contributed by atoms with Crippen molar-refractivity contribution in [1.82, 2.24) is 4.90 Å².